The monoisotopic (exact) mass is 475 g/mol. The van der Waals surface area contributed by atoms with Crippen molar-refractivity contribution in [3.8, 4) is 5.75 Å². The van der Waals surface area contributed by atoms with Crippen molar-refractivity contribution in [2.45, 2.75) is 58.3 Å². The van der Waals surface area contributed by atoms with Gasteiger partial charge in [0, 0.05) is 30.1 Å². The molecule has 1 N–H and O–H groups in total. The molecule has 3 aliphatic heterocycles. The number of benzene rings is 1. The van der Waals surface area contributed by atoms with Crippen LogP contribution in [-0.2, 0) is 4.79 Å². The van der Waals surface area contributed by atoms with Crippen molar-refractivity contribution in [3.05, 3.63) is 28.8 Å². The molecule has 0 aliphatic carbocycles. The van der Waals surface area contributed by atoms with Crippen LogP contribution in [0.4, 0.5) is 0 Å². The number of carbonyl (C=O) groups is 2. The number of carbonyl (C=O) groups excluding carboxylic acids is 2. The average Bonchev–Trinajstić information content (AvgIpc) is 2.81. The number of rotatable bonds is 2. The van der Waals surface area contributed by atoms with E-state index in [1.807, 2.05) is 0 Å². The third kappa shape index (κ3) is 6.42. The Morgan fingerprint density at radius 1 is 1.15 bits per heavy atom. The number of amides is 2. The summed E-state index contributed by atoms with van der Waals surface area (Å²) in [7, 11) is 0. The highest BCUT2D eigenvalue weighted by Gasteiger charge is 2.37. The lowest BCUT2D eigenvalue weighted by atomic mass is 9.75. The summed E-state index contributed by atoms with van der Waals surface area (Å²) in [6.45, 7) is 7.58. The minimum absolute atomic E-state index is 0.0707. The Morgan fingerprint density at radius 2 is 1.94 bits per heavy atom. The molecule has 2 amide bonds. The highest BCUT2D eigenvalue weighted by molar-refractivity contribution is 6.31. The number of nitrogens with one attached hydrogen (secondary N) is 1. The molecular formula is C26H38ClN3O3. The maximum atomic E-state index is 13.2. The van der Waals surface area contributed by atoms with Gasteiger partial charge in [0.05, 0.1) is 18.7 Å². The molecule has 1 unspecified atom stereocenters. The lowest BCUT2D eigenvalue weighted by molar-refractivity contribution is -0.136. The smallest absolute Gasteiger partial charge is 0.255 e. The van der Waals surface area contributed by atoms with Crippen LogP contribution >= 0.6 is 11.6 Å². The Bertz CT molecular complexity index is 840. The summed E-state index contributed by atoms with van der Waals surface area (Å²) in [5, 5.41) is 3.69. The van der Waals surface area contributed by atoms with Crippen LogP contribution in [0.3, 0.4) is 0 Å². The second kappa shape index (κ2) is 11.1. The first-order chi connectivity index (χ1) is 15.9. The number of halogens is 1. The van der Waals surface area contributed by atoms with Gasteiger partial charge >= 0.3 is 0 Å². The summed E-state index contributed by atoms with van der Waals surface area (Å²) in [6.07, 6.45) is 8.52. The molecule has 7 heteroatoms. The molecule has 4 rings (SSSR count). The minimum atomic E-state index is -0.154. The van der Waals surface area contributed by atoms with Crippen molar-refractivity contribution in [3.63, 3.8) is 0 Å². The zero-order valence-corrected chi connectivity index (χ0v) is 20.7. The predicted octanol–water partition coefficient (Wildman–Crippen LogP) is 4.36. The molecule has 6 nitrogen and oxygen atoms in total. The number of hydrogen-bond acceptors (Lipinski definition) is 4. The number of likely N-dealkylation sites (tertiary alicyclic amines) is 2. The summed E-state index contributed by atoms with van der Waals surface area (Å²) in [5.41, 5.74) is 0.417. The van der Waals surface area contributed by atoms with E-state index in [0.29, 0.717) is 36.0 Å². The summed E-state index contributed by atoms with van der Waals surface area (Å²) in [5.74, 6) is 1.44. The molecule has 1 spiro atoms. The van der Waals surface area contributed by atoms with Gasteiger partial charge in [-0.2, -0.15) is 0 Å². The van der Waals surface area contributed by atoms with E-state index in [-0.39, 0.29) is 17.2 Å². The van der Waals surface area contributed by atoms with Crippen LogP contribution in [0.25, 0.3) is 0 Å². The van der Waals surface area contributed by atoms with Crippen molar-refractivity contribution < 1.29 is 14.3 Å². The summed E-state index contributed by atoms with van der Waals surface area (Å²) < 4.78 is 5.87. The molecule has 3 aliphatic rings. The molecule has 1 aromatic carbocycles. The van der Waals surface area contributed by atoms with Crippen molar-refractivity contribution in [2.75, 3.05) is 45.9 Å². The van der Waals surface area contributed by atoms with Crippen LogP contribution < -0.4 is 10.1 Å². The van der Waals surface area contributed by atoms with E-state index in [9.17, 15) is 9.59 Å². The zero-order valence-electron chi connectivity index (χ0n) is 19.9. The summed E-state index contributed by atoms with van der Waals surface area (Å²) in [6, 6.07) is 5.22. The summed E-state index contributed by atoms with van der Waals surface area (Å²) >= 11 is 6.17. The molecular weight excluding hydrogens is 438 g/mol. The van der Waals surface area contributed by atoms with E-state index in [4.69, 9.17) is 16.3 Å². The minimum Gasteiger partial charge on any atom is -0.493 e. The van der Waals surface area contributed by atoms with Gasteiger partial charge in [-0.05, 0) is 75.7 Å². The van der Waals surface area contributed by atoms with Gasteiger partial charge in [0.15, 0.2) is 0 Å². The van der Waals surface area contributed by atoms with E-state index in [1.54, 1.807) is 18.2 Å². The molecule has 182 valence electrons. The molecule has 1 atom stereocenters. The van der Waals surface area contributed by atoms with Crippen molar-refractivity contribution in [2.24, 2.45) is 11.3 Å². The van der Waals surface area contributed by atoms with Crippen LogP contribution in [0.1, 0.15) is 68.6 Å². The van der Waals surface area contributed by atoms with Gasteiger partial charge in [-0.3, -0.25) is 14.5 Å². The van der Waals surface area contributed by atoms with Gasteiger partial charge in [-0.15, -0.1) is 0 Å². The molecule has 2 saturated heterocycles. The Labute approximate surface area is 203 Å². The van der Waals surface area contributed by atoms with E-state index >= 15 is 0 Å². The van der Waals surface area contributed by atoms with E-state index < -0.39 is 0 Å². The molecule has 3 heterocycles. The number of nitrogens with zero attached hydrogens (tertiary/aromatic N) is 2. The highest BCUT2D eigenvalue weighted by Crippen LogP contribution is 2.36. The Balaban J connectivity index is 1.44. The molecule has 1 aromatic rings. The van der Waals surface area contributed by atoms with Gasteiger partial charge in [0.2, 0.25) is 5.91 Å². The first kappa shape index (κ1) is 24.3. The summed E-state index contributed by atoms with van der Waals surface area (Å²) in [4.78, 5) is 30.6. The van der Waals surface area contributed by atoms with E-state index in [0.717, 1.165) is 70.6 Å². The second-order valence-corrected chi connectivity index (χ2v) is 10.8. The van der Waals surface area contributed by atoms with Crippen LogP contribution in [-0.4, -0.2) is 67.5 Å². The normalized spacial score (nSPS) is 26.0. The molecule has 2 fully saturated rings. The first-order valence-electron chi connectivity index (χ1n) is 12.6. The van der Waals surface area contributed by atoms with Crippen LogP contribution in [0, 0.1) is 11.3 Å². The van der Waals surface area contributed by atoms with Gasteiger partial charge in [-0.25, -0.2) is 0 Å². The Hall–Kier alpha value is -1.79. The maximum absolute atomic E-state index is 13.2. The lowest BCUT2D eigenvalue weighted by Crippen LogP contribution is -2.53. The Morgan fingerprint density at radius 3 is 2.76 bits per heavy atom. The molecule has 0 radical (unpaired) electrons. The topological polar surface area (TPSA) is 61.9 Å². The van der Waals surface area contributed by atoms with E-state index in [2.05, 4.69) is 22.0 Å². The van der Waals surface area contributed by atoms with Crippen molar-refractivity contribution >= 4 is 23.4 Å². The van der Waals surface area contributed by atoms with Gasteiger partial charge in [0.1, 0.15) is 5.75 Å². The number of ether oxygens (including phenoxy) is 1. The Kier molecular flexibility index (Phi) is 8.18. The third-order valence-corrected chi connectivity index (χ3v) is 7.90. The van der Waals surface area contributed by atoms with Gasteiger partial charge in [0.25, 0.3) is 5.91 Å². The highest BCUT2D eigenvalue weighted by atomic mass is 35.5. The predicted molar refractivity (Wildman–Crippen MR) is 131 cm³/mol. The molecule has 0 bridgehead atoms. The van der Waals surface area contributed by atoms with Crippen LogP contribution in [0.15, 0.2) is 18.2 Å². The van der Waals surface area contributed by atoms with Gasteiger partial charge in [-0.1, -0.05) is 31.4 Å². The lowest BCUT2D eigenvalue weighted by Gasteiger charge is -2.44. The SMILES string of the molecule is CC1CCN(CC(=O)N2CCCC3(CCCCCOc4ccc(Cl)cc4C(=O)NC3)C2)CC1. The molecule has 0 saturated carbocycles. The van der Waals surface area contributed by atoms with Gasteiger partial charge < -0.3 is 15.0 Å². The zero-order chi connectivity index (χ0) is 23.3. The molecule has 0 aromatic heterocycles. The standard InChI is InChI=1S/C26H38ClN3O3/c1-20-8-13-29(14-9-20)17-24(31)30-12-5-11-26(19-30)10-3-2-4-15-33-23-7-6-21(27)16-22(23)25(32)28-18-26/h6-7,16,20H,2-5,8-15,17-19H2,1H3,(H,28,32). The second-order valence-electron chi connectivity index (χ2n) is 10.4. The quantitative estimate of drug-likeness (QED) is 0.690. The van der Waals surface area contributed by atoms with Crippen LogP contribution in [0.2, 0.25) is 5.02 Å². The number of hydrogen-bond donors (Lipinski definition) is 1. The largest absolute Gasteiger partial charge is 0.493 e. The fraction of sp³-hybridized carbons (Fsp3) is 0.692. The van der Waals surface area contributed by atoms with Crippen LogP contribution in [0.5, 0.6) is 5.75 Å². The van der Waals surface area contributed by atoms with Crippen molar-refractivity contribution in [1.29, 1.82) is 0 Å². The number of fused-ring (bicyclic) bond motifs is 1. The first-order valence-corrected chi connectivity index (χ1v) is 13.0. The van der Waals surface area contributed by atoms with E-state index in [1.165, 1.54) is 12.8 Å². The molecule has 33 heavy (non-hydrogen) atoms. The number of piperidine rings is 2. The third-order valence-electron chi connectivity index (χ3n) is 7.67. The fourth-order valence-corrected chi connectivity index (χ4v) is 5.67. The van der Waals surface area contributed by atoms with Crippen molar-refractivity contribution in [1.82, 2.24) is 15.1 Å². The fourth-order valence-electron chi connectivity index (χ4n) is 5.50. The average molecular weight is 476 g/mol. The maximum Gasteiger partial charge on any atom is 0.255 e.